The van der Waals surface area contributed by atoms with E-state index in [-0.39, 0.29) is 17.4 Å². The summed E-state index contributed by atoms with van der Waals surface area (Å²) in [6.45, 7) is 2.42. The highest BCUT2D eigenvalue weighted by atomic mass is 35.5. The van der Waals surface area contributed by atoms with Gasteiger partial charge in [0.05, 0.1) is 10.6 Å². The predicted molar refractivity (Wildman–Crippen MR) is 132 cm³/mol. The lowest BCUT2D eigenvalue weighted by Gasteiger charge is -2.19. The van der Waals surface area contributed by atoms with Crippen molar-refractivity contribution < 1.29 is 18.0 Å². The van der Waals surface area contributed by atoms with Crippen LogP contribution in [0.4, 0.5) is 13.2 Å². The molecule has 0 radical (unpaired) electrons. The van der Waals surface area contributed by atoms with Crippen molar-refractivity contribution in [3.8, 4) is 0 Å². The van der Waals surface area contributed by atoms with E-state index in [1.807, 2.05) is 43.3 Å². The second-order valence-corrected chi connectivity index (χ2v) is 8.76. The molecule has 4 rings (SSSR count). The number of H-pyrrole nitrogens is 1. The zero-order chi connectivity index (χ0) is 25.0. The number of alkyl halides is 3. The van der Waals surface area contributed by atoms with Gasteiger partial charge in [-0.1, -0.05) is 48.9 Å². The molecule has 2 N–H and O–H groups in total. The molecule has 0 aliphatic heterocycles. The predicted octanol–water partition coefficient (Wildman–Crippen LogP) is 6.68. The van der Waals surface area contributed by atoms with E-state index >= 15 is 0 Å². The van der Waals surface area contributed by atoms with Crippen molar-refractivity contribution in [3.05, 3.63) is 100.0 Å². The molecule has 182 valence electrons. The lowest BCUT2D eigenvalue weighted by Crippen LogP contribution is -2.27. The van der Waals surface area contributed by atoms with E-state index in [1.54, 1.807) is 18.5 Å². The highest BCUT2D eigenvalue weighted by Gasteiger charge is 2.34. The van der Waals surface area contributed by atoms with Gasteiger partial charge in [0.2, 0.25) is 5.91 Å². The molecule has 0 spiro atoms. The third-order valence-electron chi connectivity index (χ3n) is 6.11. The number of benzene rings is 2. The van der Waals surface area contributed by atoms with Gasteiger partial charge in [0.1, 0.15) is 0 Å². The first-order valence-electron chi connectivity index (χ1n) is 11.4. The number of carbonyl (C=O) groups is 1. The Morgan fingerprint density at radius 1 is 1.14 bits per heavy atom. The Balaban J connectivity index is 1.66. The number of para-hydroxylation sites is 1. The van der Waals surface area contributed by atoms with Gasteiger partial charge in [-0.3, -0.25) is 9.78 Å². The van der Waals surface area contributed by atoms with E-state index < -0.39 is 17.7 Å². The maximum Gasteiger partial charge on any atom is 0.417 e. The van der Waals surface area contributed by atoms with Crippen LogP contribution in [0.2, 0.25) is 5.02 Å². The molecule has 4 aromatic rings. The Kier molecular flexibility index (Phi) is 7.45. The Hall–Kier alpha value is -3.32. The van der Waals surface area contributed by atoms with Crippen molar-refractivity contribution in [2.45, 2.75) is 38.3 Å². The summed E-state index contributed by atoms with van der Waals surface area (Å²) in [5, 5.41) is 3.40. The number of carbonyl (C=O) groups excluding carboxylic acids is 1. The normalized spacial score (nSPS) is 12.6. The van der Waals surface area contributed by atoms with Crippen LogP contribution in [0.15, 0.2) is 67.0 Å². The SMILES string of the molecule is CCc1cccc2c([C@@H](CC(=O)NCCc3ccccn3)c3ccc(Cl)c(C(F)(F)F)c3)c[nH]c12. The number of amides is 1. The van der Waals surface area contributed by atoms with Gasteiger partial charge in [-0.2, -0.15) is 13.2 Å². The summed E-state index contributed by atoms with van der Waals surface area (Å²) in [7, 11) is 0. The molecule has 1 atom stereocenters. The van der Waals surface area contributed by atoms with Gasteiger partial charge in [0, 0.05) is 54.3 Å². The van der Waals surface area contributed by atoms with Crippen LogP contribution in [0.1, 0.15) is 47.2 Å². The van der Waals surface area contributed by atoms with Gasteiger partial charge in [-0.15, -0.1) is 0 Å². The largest absolute Gasteiger partial charge is 0.417 e. The van der Waals surface area contributed by atoms with Gasteiger partial charge in [0.25, 0.3) is 0 Å². The molecular formula is C27H25ClF3N3O. The molecule has 0 fully saturated rings. The second-order valence-electron chi connectivity index (χ2n) is 8.35. The van der Waals surface area contributed by atoms with E-state index in [4.69, 9.17) is 11.6 Å². The second kappa shape index (κ2) is 10.5. The van der Waals surface area contributed by atoms with Crippen molar-refractivity contribution >= 4 is 28.4 Å². The minimum absolute atomic E-state index is 0.00947. The third-order valence-corrected chi connectivity index (χ3v) is 6.44. The molecule has 0 aliphatic carbocycles. The van der Waals surface area contributed by atoms with Crippen molar-refractivity contribution in [3.63, 3.8) is 0 Å². The highest BCUT2D eigenvalue weighted by Crippen LogP contribution is 2.40. The summed E-state index contributed by atoms with van der Waals surface area (Å²) in [5.74, 6) is -0.848. The van der Waals surface area contributed by atoms with Gasteiger partial charge >= 0.3 is 6.18 Å². The van der Waals surface area contributed by atoms with Crippen LogP contribution in [-0.2, 0) is 23.8 Å². The lowest BCUT2D eigenvalue weighted by atomic mass is 9.86. The van der Waals surface area contributed by atoms with Crippen molar-refractivity contribution in [1.29, 1.82) is 0 Å². The first-order chi connectivity index (χ1) is 16.8. The average Bonchev–Trinajstić information content (AvgIpc) is 3.27. The number of nitrogens with zero attached hydrogens (tertiary/aromatic N) is 1. The van der Waals surface area contributed by atoms with Crippen LogP contribution in [0.3, 0.4) is 0 Å². The summed E-state index contributed by atoms with van der Waals surface area (Å²) in [4.78, 5) is 20.4. The summed E-state index contributed by atoms with van der Waals surface area (Å²) < 4.78 is 40.8. The monoisotopic (exact) mass is 499 g/mol. The fourth-order valence-electron chi connectivity index (χ4n) is 4.34. The molecule has 8 heteroatoms. The molecule has 0 bridgehead atoms. The number of hydrogen-bond donors (Lipinski definition) is 2. The number of rotatable bonds is 8. The zero-order valence-corrected chi connectivity index (χ0v) is 19.9. The fraction of sp³-hybridized carbons (Fsp3) is 0.259. The topological polar surface area (TPSA) is 57.8 Å². The summed E-state index contributed by atoms with van der Waals surface area (Å²) in [6, 6.07) is 15.3. The molecule has 0 aliphatic rings. The summed E-state index contributed by atoms with van der Waals surface area (Å²) >= 11 is 5.87. The van der Waals surface area contributed by atoms with Crippen molar-refractivity contribution in [1.82, 2.24) is 15.3 Å². The number of aromatic nitrogens is 2. The summed E-state index contributed by atoms with van der Waals surface area (Å²) in [6.07, 6.45) is 0.228. The fourth-order valence-corrected chi connectivity index (χ4v) is 4.56. The van der Waals surface area contributed by atoms with Crippen LogP contribution in [0.25, 0.3) is 10.9 Å². The Bertz CT molecular complexity index is 1320. The van der Waals surface area contributed by atoms with Gasteiger partial charge in [-0.25, -0.2) is 0 Å². The number of halogens is 4. The van der Waals surface area contributed by atoms with Crippen LogP contribution < -0.4 is 5.32 Å². The minimum Gasteiger partial charge on any atom is -0.361 e. The Labute approximate surface area is 206 Å². The van der Waals surface area contributed by atoms with E-state index in [0.717, 1.165) is 40.2 Å². The molecule has 2 heterocycles. The number of aromatic amines is 1. The first kappa shape index (κ1) is 24.8. The quantitative estimate of drug-likeness (QED) is 0.284. The molecule has 0 saturated carbocycles. The zero-order valence-electron chi connectivity index (χ0n) is 19.1. The standard InChI is InChI=1S/C27H25ClF3N3O/c1-2-17-6-5-8-20-22(16-34-26(17)20)21(18-9-10-24(28)23(14-18)27(29,30)31)15-25(35)33-13-11-19-7-3-4-12-32-19/h3-10,12,14,16,21,34H,2,11,13,15H2,1H3,(H,33,35)/t21-/m0/s1. The minimum atomic E-state index is -4.60. The Morgan fingerprint density at radius 3 is 2.69 bits per heavy atom. The number of fused-ring (bicyclic) bond motifs is 1. The van der Waals surface area contributed by atoms with Crippen molar-refractivity contribution in [2.24, 2.45) is 0 Å². The number of nitrogens with one attached hydrogen (secondary N) is 2. The third kappa shape index (κ3) is 5.68. The number of aryl methyl sites for hydroxylation is 1. The van der Waals surface area contributed by atoms with Gasteiger partial charge < -0.3 is 10.3 Å². The molecule has 35 heavy (non-hydrogen) atoms. The van der Waals surface area contributed by atoms with E-state index in [0.29, 0.717) is 18.5 Å². The first-order valence-corrected chi connectivity index (χ1v) is 11.8. The van der Waals surface area contributed by atoms with E-state index in [9.17, 15) is 18.0 Å². The summed E-state index contributed by atoms with van der Waals surface area (Å²) in [5.41, 5.74) is 3.11. The van der Waals surface area contributed by atoms with E-state index in [1.165, 1.54) is 6.07 Å². The molecule has 2 aromatic heterocycles. The van der Waals surface area contributed by atoms with Crippen LogP contribution >= 0.6 is 11.6 Å². The Morgan fingerprint density at radius 2 is 1.97 bits per heavy atom. The van der Waals surface area contributed by atoms with Crippen LogP contribution in [-0.4, -0.2) is 22.4 Å². The smallest absolute Gasteiger partial charge is 0.361 e. The molecule has 4 nitrogen and oxygen atoms in total. The number of hydrogen-bond acceptors (Lipinski definition) is 2. The molecule has 0 unspecified atom stereocenters. The maximum atomic E-state index is 13.6. The van der Waals surface area contributed by atoms with Crippen LogP contribution in [0, 0.1) is 0 Å². The molecular weight excluding hydrogens is 475 g/mol. The van der Waals surface area contributed by atoms with E-state index in [2.05, 4.69) is 15.3 Å². The lowest BCUT2D eigenvalue weighted by molar-refractivity contribution is -0.137. The average molecular weight is 500 g/mol. The van der Waals surface area contributed by atoms with Crippen molar-refractivity contribution in [2.75, 3.05) is 6.54 Å². The van der Waals surface area contributed by atoms with Gasteiger partial charge in [0.15, 0.2) is 0 Å². The highest BCUT2D eigenvalue weighted by molar-refractivity contribution is 6.31. The molecule has 1 amide bonds. The van der Waals surface area contributed by atoms with Crippen LogP contribution in [0.5, 0.6) is 0 Å². The maximum absolute atomic E-state index is 13.6. The van der Waals surface area contributed by atoms with Gasteiger partial charge in [-0.05, 0) is 47.4 Å². The molecule has 2 aromatic carbocycles. The molecule has 0 saturated heterocycles. The number of pyridine rings is 1.